The van der Waals surface area contributed by atoms with Crippen molar-refractivity contribution in [2.75, 3.05) is 39.6 Å². The van der Waals surface area contributed by atoms with Crippen LogP contribution in [0.15, 0.2) is 29.6 Å². The molecule has 1 aromatic carbocycles. The molecule has 0 aliphatic rings. The van der Waals surface area contributed by atoms with E-state index in [2.05, 4.69) is 29.8 Å². The Labute approximate surface area is 124 Å². The third kappa shape index (κ3) is 4.21. The predicted octanol–water partition coefficient (Wildman–Crippen LogP) is 1.77. The Hall–Kier alpha value is -1.59. The molecule has 2 N–H and O–H groups in total. The molecule has 0 fully saturated rings. The Morgan fingerprint density at radius 1 is 1.25 bits per heavy atom. The van der Waals surface area contributed by atoms with E-state index in [-0.39, 0.29) is 0 Å². The number of thiazole rings is 1. The standard InChI is InChI=1S/C15H21N3OS/c1-18(2)10-4-9-16-15-17-14(11-20-15)12-5-7-13(19-3)8-6-12/h5-8,11H,4,9-10H2,1-3H3,(H,16,17)/p+1. The highest BCUT2D eigenvalue weighted by Gasteiger charge is 2.04. The number of ether oxygens (including phenoxy) is 1. The number of hydrogen-bond donors (Lipinski definition) is 2. The molecule has 0 amide bonds. The lowest BCUT2D eigenvalue weighted by Crippen LogP contribution is -3.05. The summed E-state index contributed by atoms with van der Waals surface area (Å²) in [5, 5.41) is 6.46. The Bertz CT molecular complexity index is 522. The molecule has 0 saturated carbocycles. The number of quaternary nitrogens is 1. The molecule has 108 valence electrons. The van der Waals surface area contributed by atoms with Gasteiger partial charge in [0.2, 0.25) is 0 Å². The molecule has 0 bridgehead atoms. The minimum Gasteiger partial charge on any atom is -0.497 e. The lowest BCUT2D eigenvalue weighted by Gasteiger charge is -2.06. The van der Waals surface area contributed by atoms with Crippen molar-refractivity contribution in [1.82, 2.24) is 4.98 Å². The van der Waals surface area contributed by atoms with Crippen LogP contribution >= 0.6 is 11.3 Å². The summed E-state index contributed by atoms with van der Waals surface area (Å²) in [6, 6.07) is 7.99. The van der Waals surface area contributed by atoms with Crippen LogP contribution in [0, 0.1) is 0 Å². The van der Waals surface area contributed by atoms with Crippen molar-refractivity contribution in [1.29, 1.82) is 0 Å². The summed E-state index contributed by atoms with van der Waals surface area (Å²) in [5.74, 6) is 0.869. The number of hydrogen-bond acceptors (Lipinski definition) is 4. The molecule has 2 rings (SSSR count). The van der Waals surface area contributed by atoms with Gasteiger partial charge in [-0.25, -0.2) is 4.98 Å². The van der Waals surface area contributed by atoms with Gasteiger partial charge in [0.05, 0.1) is 33.4 Å². The van der Waals surface area contributed by atoms with Gasteiger partial charge in [0, 0.05) is 23.9 Å². The zero-order valence-electron chi connectivity index (χ0n) is 12.3. The largest absolute Gasteiger partial charge is 0.497 e. The normalized spacial score (nSPS) is 10.8. The lowest BCUT2D eigenvalue weighted by molar-refractivity contribution is -0.858. The molecule has 0 radical (unpaired) electrons. The minimum absolute atomic E-state index is 0.869. The third-order valence-corrected chi connectivity index (χ3v) is 3.82. The van der Waals surface area contributed by atoms with Gasteiger partial charge in [-0.1, -0.05) is 0 Å². The van der Waals surface area contributed by atoms with E-state index in [1.165, 1.54) is 11.4 Å². The lowest BCUT2D eigenvalue weighted by atomic mass is 10.2. The van der Waals surface area contributed by atoms with E-state index < -0.39 is 0 Å². The number of benzene rings is 1. The highest BCUT2D eigenvalue weighted by atomic mass is 32.1. The molecule has 4 nitrogen and oxygen atoms in total. The van der Waals surface area contributed by atoms with Crippen molar-refractivity contribution >= 4 is 16.5 Å². The topological polar surface area (TPSA) is 38.6 Å². The van der Waals surface area contributed by atoms with E-state index >= 15 is 0 Å². The average Bonchev–Trinajstić information content (AvgIpc) is 2.92. The van der Waals surface area contributed by atoms with Gasteiger partial charge in [-0.2, -0.15) is 0 Å². The summed E-state index contributed by atoms with van der Waals surface area (Å²) in [4.78, 5) is 6.09. The van der Waals surface area contributed by atoms with Crippen LogP contribution in [0.2, 0.25) is 0 Å². The first-order valence-corrected chi connectivity index (χ1v) is 7.70. The van der Waals surface area contributed by atoms with E-state index in [1.807, 2.05) is 24.3 Å². The van der Waals surface area contributed by atoms with Crippen LogP contribution in [0.4, 0.5) is 5.13 Å². The van der Waals surface area contributed by atoms with Crippen molar-refractivity contribution < 1.29 is 9.64 Å². The summed E-state index contributed by atoms with van der Waals surface area (Å²) in [5.41, 5.74) is 2.13. The van der Waals surface area contributed by atoms with Crippen molar-refractivity contribution in [3.05, 3.63) is 29.6 Å². The van der Waals surface area contributed by atoms with E-state index in [9.17, 15) is 0 Å². The quantitative estimate of drug-likeness (QED) is 0.764. The molecule has 1 aromatic heterocycles. The van der Waals surface area contributed by atoms with Gasteiger partial charge in [0.25, 0.3) is 0 Å². The molecule has 0 aliphatic carbocycles. The smallest absolute Gasteiger partial charge is 0.183 e. The zero-order chi connectivity index (χ0) is 14.4. The maximum absolute atomic E-state index is 5.16. The van der Waals surface area contributed by atoms with Gasteiger partial charge in [-0.15, -0.1) is 11.3 Å². The molecule has 0 saturated heterocycles. The second-order valence-electron chi connectivity index (χ2n) is 5.00. The number of rotatable bonds is 7. The third-order valence-electron chi connectivity index (χ3n) is 3.02. The van der Waals surface area contributed by atoms with Crippen LogP contribution in [0.5, 0.6) is 5.75 Å². The molecule has 0 spiro atoms. The van der Waals surface area contributed by atoms with Crippen molar-refractivity contribution in [2.45, 2.75) is 6.42 Å². The summed E-state index contributed by atoms with van der Waals surface area (Å²) >= 11 is 1.65. The van der Waals surface area contributed by atoms with Gasteiger partial charge in [-0.3, -0.25) is 0 Å². The van der Waals surface area contributed by atoms with Crippen LogP contribution in [0.3, 0.4) is 0 Å². The maximum atomic E-state index is 5.16. The van der Waals surface area contributed by atoms with Crippen molar-refractivity contribution in [3.8, 4) is 17.0 Å². The molecule has 0 atom stereocenters. The van der Waals surface area contributed by atoms with E-state index in [1.54, 1.807) is 18.4 Å². The average molecular weight is 292 g/mol. The van der Waals surface area contributed by atoms with E-state index in [0.29, 0.717) is 0 Å². The highest BCUT2D eigenvalue weighted by molar-refractivity contribution is 7.14. The number of methoxy groups -OCH3 is 1. The van der Waals surface area contributed by atoms with Crippen molar-refractivity contribution in [2.24, 2.45) is 0 Å². The van der Waals surface area contributed by atoms with Crippen LogP contribution in [0.1, 0.15) is 6.42 Å². The summed E-state index contributed by atoms with van der Waals surface area (Å²) in [6.07, 6.45) is 1.15. The molecular formula is C15H22N3OS+. The van der Waals surface area contributed by atoms with Crippen LogP contribution < -0.4 is 15.0 Å². The predicted molar refractivity (Wildman–Crippen MR) is 84.9 cm³/mol. The zero-order valence-corrected chi connectivity index (χ0v) is 13.1. The molecule has 5 heteroatoms. The fourth-order valence-corrected chi connectivity index (χ4v) is 2.64. The second kappa shape index (κ2) is 7.26. The van der Waals surface area contributed by atoms with Gasteiger partial charge in [-0.05, 0) is 24.3 Å². The summed E-state index contributed by atoms with van der Waals surface area (Å²) < 4.78 is 5.16. The summed E-state index contributed by atoms with van der Waals surface area (Å²) in [7, 11) is 6.02. The SMILES string of the molecule is COc1ccc(-c2csc(NCCC[NH+](C)C)n2)cc1. The van der Waals surface area contributed by atoms with Gasteiger partial charge in [0.1, 0.15) is 5.75 Å². The van der Waals surface area contributed by atoms with Crippen LogP contribution in [0.25, 0.3) is 11.3 Å². The Balaban J connectivity index is 1.90. The molecule has 2 aromatic rings. The van der Waals surface area contributed by atoms with E-state index in [0.717, 1.165) is 35.1 Å². The first-order valence-electron chi connectivity index (χ1n) is 6.82. The molecule has 1 heterocycles. The van der Waals surface area contributed by atoms with Crippen LogP contribution in [-0.4, -0.2) is 39.3 Å². The van der Waals surface area contributed by atoms with Crippen molar-refractivity contribution in [3.63, 3.8) is 0 Å². The molecule has 0 aliphatic heterocycles. The molecular weight excluding hydrogens is 270 g/mol. The second-order valence-corrected chi connectivity index (χ2v) is 5.86. The van der Waals surface area contributed by atoms with Gasteiger partial charge in [0.15, 0.2) is 5.13 Å². The van der Waals surface area contributed by atoms with Gasteiger partial charge < -0.3 is 15.0 Å². The number of nitrogens with one attached hydrogen (secondary N) is 2. The Kier molecular flexibility index (Phi) is 5.38. The summed E-state index contributed by atoms with van der Waals surface area (Å²) in [6.45, 7) is 2.14. The van der Waals surface area contributed by atoms with E-state index in [4.69, 9.17) is 4.74 Å². The first-order chi connectivity index (χ1) is 9.69. The highest BCUT2D eigenvalue weighted by Crippen LogP contribution is 2.26. The Morgan fingerprint density at radius 2 is 2.00 bits per heavy atom. The maximum Gasteiger partial charge on any atom is 0.183 e. The van der Waals surface area contributed by atoms with Gasteiger partial charge >= 0.3 is 0 Å². The number of aromatic nitrogens is 1. The number of anilines is 1. The molecule has 20 heavy (non-hydrogen) atoms. The molecule has 0 unspecified atom stereocenters. The minimum atomic E-state index is 0.869. The first kappa shape index (κ1) is 14.8. The Morgan fingerprint density at radius 3 is 2.65 bits per heavy atom. The monoisotopic (exact) mass is 292 g/mol. The fourth-order valence-electron chi connectivity index (χ4n) is 1.89. The van der Waals surface area contributed by atoms with Crippen LogP contribution in [-0.2, 0) is 0 Å². The fraction of sp³-hybridized carbons (Fsp3) is 0.400. The number of nitrogens with zero attached hydrogens (tertiary/aromatic N) is 1.